The third-order valence-corrected chi connectivity index (χ3v) is 6.39. The SMILES string of the molecule is Cc1ccc(P(Oc2cccc3ccccc23)c2ccc(C)cc2)cc1. The first kappa shape index (κ1) is 16.8. The Bertz CT molecular complexity index is 969. The molecule has 0 aliphatic heterocycles. The van der Waals surface area contributed by atoms with Crippen LogP contribution in [0.2, 0.25) is 0 Å². The van der Waals surface area contributed by atoms with Crippen molar-refractivity contribution in [2.45, 2.75) is 13.8 Å². The molecule has 0 saturated carbocycles. The van der Waals surface area contributed by atoms with E-state index in [2.05, 4.69) is 105 Å². The highest BCUT2D eigenvalue weighted by atomic mass is 31.1. The average Bonchev–Trinajstić information content (AvgIpc) is 2.68. The standard InChI is InChI=1S/C24H21OP/c1-18-10-14-21(15-11-18)26(22-16-12-19(2)13-17-22)25-24-9-5-7-20-6-3-4-8-23(20)24/h3-17H,1-2H3. The summed E-state index contributed by atoms with van der Waals surface area (Å²) in [5.74, 6) is 0.940. The normalized spacial score (nSPS) is 11.0. The Morgan fingerprint density at radius 2 is 1.12 bits per heavy atom. The van der Waals surface area contributed by atoms with Crippen LogP contribution in [0.15, 0.2) is 91.0 Å². The highest BCUT2D eigenvalue weighted by molar-refractivity contribution is 7.68. The number of hydrogen-bond donors (Lipinski definition) is 0. The van der Waals surface area contributed by atoms with Gasteiger partial charge in [-0.2, -0.15) is 0 Å². The Balaban J connectivity index is 1.79. The summed E-state index contributed by atoms with van der Waals surface area (Å²) in [7, 11) is -0.925. The quantitative estimate of drug-likeness (QED) is 0.415. The van der Waals surface area contributed by atoms with E-state index in [1.807, 2.05) is 0 Å². The van der Waals surface area contributed by atoms with E-state index in [0.29, 0.717) is 0 Å². The maximum atomic E-state index is 6.64. The number of rotatable bonds is 4. The molecule has 0 atom stereocenters. The topological polar surface area (TPSA) is 9.23 Å². The molecule has 4 aromatic rings. The monoisotopic (exact) mass is 356 g/mol. The van der Waals surface area contributed by atoms with Gasteiger partial charge in [-0.25, -0.2) is 0 Å². The molecule has 4 rings (SSSR count). The van der Waals surface area contributed by atoms with Crippen molar-refractivity contribution in [1.82, 2.24) is 0 Å². The summed E-state index contributed by atoms with van der Waals surface area (Å²) in [5.41, 5.74) is 2.52. The molecule has 0 fully saturated rings. The van der Waals surface area contributed by atoms with E-state index < -0.39 is 8.15 Å². The molecule has 0 aliphatic rings. The van der Waals surface area contributed by atoms with Gasteiger partial charge < -0.3 is 4.52 Å². The fourth-order valence-corrected chi connectivity index (χ4v) is 4.69. The van der Waals surface area contributed by atoms with Gasteiger partial charge in [-0.15, -0.1) is 0 Å². The number of benzene rings is 4. The minimum Gasteiger partial charge on any atom is -0.464 e. The fourth-order valence-electron chi connectivity index (χ4n) is 2.99. The Hall–Kier alpha value is -2.63. The van der Waals surface area contributed by atoms with Crippen LogP contribution in [0.3, 0.4) is 0 Å². The lowest BCUT2D eigenvalue weighted by molar-refractivity contribution is 0.637. The van der Waals surface area contributed by atoms with Crippen LogP contribution in [0.5, 0.6) is 5.75 Å². The van der Waals surface area contributed by atoms with Crippen LogP contribution in [0.1, 0.15) is 11.1 Å². The lowest BCUT2D eigenvalue weighted by atomic mass is 10.1. The van der Waals surface area contributed by atoms with E-state index in [4.69, 9.17) is 4.52 Å². The zero-order chi connectivity index (χ0) is 17.9. The van der Waals surface area contributed by atoms with Crippen LogP contribution in [0.25, 0.3) is 10.8 Å². The van der Waals surface area contributed by atoms with Crippen molar-refractivity contribution < 1.29 is 4.52 Å². The van der Waals surface area contributed by atoms with Crippen LogP contribution in [-0.2, 0) is 0 Å². The number of aryl methyl sites for hydroxylation is 2. The van der Waals surface area contributed by atoms with Crippen molar-refractivity contribution in [1.29, 1.82) is 0 Å². The van der Waals surface area contributed by atoms with Crippen molar-refractivity contribution in [3.05, 3.63) is 102 Å². The Morgan fingerprint density at radius 1 is 0.577 bits per heavy atom. The highest BCUT2D eigenvalue weighted by Crippen LogP contribution is 2.39. The first-order valence-corrected chi connectivity index (χ1v) is 10.1. The van der Waals surface area contributed by atoms with Crippen molar-refractivity contribution in [2.24, 2.45) is 0 Å². The molecule has 0 aromatic heterocycles. The summed E-state index contributed by atoms with van der Waals surface area (Å²) in [6.07, 6.45) is 0. The van der Waals surface area contributed by atoms with Crippen molar-refractivity contribution in [3.63, 3.8) is 0 Å². The van der Waals surface area contributed by atoms with E-state index in [-0.39, 0.29) is 0 Å². The Labute approximate surface area is 156 Å². The van der Waals surface area contributed by atoms with Crippen molar-refractivity contribution >= 4 is 29.5 Å². The minimum atomic E-state index is -0.925. The Kier molecular flexibility index (Phi) is 4.73. The fraction of sp³-hybridized carbons (Fsp3) is 0.0833. The molecule has 2 heteroatoms. The van der Waals surface area contributed by atoms with Gasteiger partial charge in [-0.05, 0) is 25.3 Å². The molecule has 0 bridgehead atoms. The third-order valence-electron chi connectivity index (χ3n) is 4.48. The van der Waals surface area contributed by atoms with Gasteiger partial charge >= 0.3 is 0 Å². The number of fused-ring (bicyclic) bond motifs is 1. The zero-order valence-corrected chi connectivity index (χ0v) is 15.9. The average molecular weight is 356 g/mol. The molecule has 0 saturated heterocycles. The van der Waals surface area contributed by atoms with Crippen LogP contribution < -0.4 is 15.1 Å². The van der Waals surface area contributed by atoms with Crippen LogP contribution in [0.4, 0.5) is 0 Å². The van der Waals surface area contributed by atoms with E-state index >= 15 is 0 Å². The van der Waals surface area contributed by atoms with Gasteiger partial charge in [0.15, 0.2) is 8.15 Å². The Morgan fingerprint density at radius 3 is 1.73 bits per heavy atom. The molecule has 0 radical (unpaired) electrons. The highest BCUT2D eigenvalue weighted by Gasteiger charge is 2.18. The second-order valence-corrected chi connectivity index (χ2v) is 8.34. The molecule has 0 N–H and O–H groups in total. The molecule has 0 aliphatic carbocycles. The van der Waals surface area contributed by atoms with Crippen LogP contribution in [-0.4, -0.2) is 0 Å². The summed E-state index contributed by atoms with van der Waals surface area (Å²) in [6, 6.07) is 32.0. The number of hydrogen-bond acceptors (Lipinski definition) is 1. The van der Waals surface area contributed by atoms with Gasteiger partial charge in [0.25, 0.3) is 0 Å². The minimum absolute atomic E-state index is 0.925. The predicted octanol–water partition coefficient (Wildman–Crippen LogP) is 5.88. The molecule has 0 unspecified atom stereocenters. The lowest BCUT2D eigenvalue weighted by Crippen LogP contribution is -2.15. The summed E-state index contributed by atoms with van der Waals surface area (Å²) in [4.78, 5) is 0. The van der Waals surface area contributed by atoms with E-state index in [0.717, 1.165) is 11.1 Å². The second kappa shape index (κ2) is 7.32. The smallest absolute Gasteiger partial charge is 0.150 e. The second-order valence-electron chi connectivity index (χ2n) is 6.53. The van der Waals surface area contributed by atoms with Crippen molar-refractivity contribution in [3.8, 4) is 5.75 Å². The first-order valence-electron chi connectivity index (χ1n) is 8.80. The molecular formula is C24H21OP. The van der Waals surface area contributed by atoms with Gasteiger partial charge in [-0.1, -0.05) is 96.1 Å². The van der Waals surface area contributed by atoms with Gasteiger partial charge in [0.1, 0.15) is 5.75 Å². The first-order chi connectivity index (χ1) is 12.7. The van der Waals surface area contributed by atoms with Crippen LogP contribution >= 0.6 is 8.15 Å². The molecule has 0 heterocycles. The summed E-state index contributed by atoms with van der Waals surface area (Å²) in [5, 5.41) is 4.80. The third kappa shape index (κ3) is 3.49. The summed E-state index contributed by atoms with van der Waals surface area (Å²) in [6.45, 7) is 4.23. The van der Waals surface area contributed by atoms with E-state index in [1.165, 1.54) is 27.1 Å². The lowest BCUT2D eigenvalue weighted by Gasteiger charge is -2.21. The molecular weight excluding hydrogens is 335 g/mol. The van der Waals surface area contributed by atoms with Gasteiger partial charge in [0.05, 0.1) is 0 Å². The molecule has 26 heavy (non-hydrogen) atoms. The van der Waals surface area contributed by atoms with Gasteiger partial charge in [0, 0.05) is 16.0 Å². The van der Waals surface area contributed by atoms with Crippen LogP contribution in [0, 0.1) is 13.8 Å². The molecule has 0 amide bonds. The van der Waals surface area contributed by atoms with E-state index in [1.54, 1.807) is 0 Å². The van der Waals surface area contributed by atoms with E-state index in [9.17, 15) is 0 Å². The molecule has 0 spiro atoms. The maximum Gasteiger partial charge on any atom is 0.150 e. The largest absolute Gasteiger partial charge is 0.464 e. The summed E-state index contributed by atoms with van der Waals surface area (Å²) < 4.78 is 6.64. The summed E-state index contributed by atoms with van der Waals surface area (Å²) >= 11 is 0. The maximum absolute atomic E-state index is 6.64. The molecule has 1 nitrogen and oxygen atoms in total. The van der Waals surface area contributed by atoms with Gasteiger partial charge in [-0.3, -0.25) is 0 Å². The molecule has 128 valence electrons. The van der Waals surface area contributed by atoms with Crippen molar-refractivity contribution in [2.75, 3.05) is 0 Å². The zero-order valence-electron chi connectivity index (χ0n) is 15.0. The predicted molar refractivity (Wildman–Crippen MR) is 113 cm³/mol. The van der Waals surface area contributed by atoms with Gasteiger partial charge in [0.2, 0.25) is 0 Å². The molecule has 4 aromatic carbocycles.